The molecule has 0 aromatic carbocycles. The van der Waals surface area contributed by atoms with E-state index in [1.807, 2.05) is 19.0 Å². The van der Waals surface area contributed by atoms with Gasteiger partial charge >= 0.3 is 21.7 Å². The van der Waals surface area contributed by atoms with Crippen molar-refractivity contribution in [1.82, 2.24) is 4.90 Å². The Morgan fingerprint density at radius 1 is 1.08 bits per heavy atom. The number of rotatable bonds is 4. The molecule has 1 unspecified atom stereocenters. The van der Waals surface area contributed by atoms with Gasteiger partial charge in [-0.3, -0.25) is 6.08 Å². The molecule has 0 spiro atoms. The Hall–Kier alpha value is 0.734. The van der Waals surface area contributed by atoms with Crippen LogP contribution in [0, 0.1) is 36.7 Å². The summed E-state index contributed by atoms with van der Waals surface area (Å²) in [5.41, 5.74) is 3.17. The zero-order valence-corrected chi connectivity index (χ0v) is 20.3. The van der Waals surface area contributed by atoms with E-state index in [4.69, 9.17) is 0 Å². The van der Waals surface area contributed by atoms with Crippen molar-refractivity contribution in [3.05, 3.63) is 30.2 Å². The van der Waals surface area contributed by atoms with E-state index in [1.165, 1.54) is 37.7 Å². The topological polar surface area (TPSA) is 3.24 Å². The van der Waals surface area contributed by atoms with Crippen molar-refractivity contribution in [2.24, 2.45) is 23.7 Å². The van der Waals surface area contributed by atoms with Crippen LogP contribution in [0.25, 0.3) is 0 Å². The first-order valence-electron chi connectivity index (χ1n) is 9.15. The Labute approximate surface area is 185 Å². The molecule has 1 nitrogen and oxygen atoms in total. The Kier molecular flexibility index (Phi) is 19.2. The van der Waals surface area contributed by atoms with E-state index in [0.717, 1.165) is 12.5 Å². The summed E-state index contributed by atoms with van der Waals surface area (Å²) in [6, 6.07) is 0. The summed E-state index contributed by atoms with van der Waals surface area (Å²) >= 11 is 0. The van der Waals surface area contributed by atoms with Crippen LogP contribution in [0.1, 0.15) is 59.8 Å². The maximum absolute atomic E-state index is 3.76. The van der Waals surface area contributed by atoms with E-state index < -0.39 is 0 Å². The van der Waals surface area contributed by atoms with Crippen LogP contribution in [0.15, 0.2) is 17.2 Å². The van der Waals surface area contributed by atoms with E-state index in [2.05, 4.69) is 46.8 Å². The van der Waals surface area contributed by atoms with Crippen molar-refractivity contribution in [3.63, 3.8) is 0 Å². The molecule has 0 aromatic heterocycles. The third-order valence-corrected chi connectivity index (χ3v) is 4.82. The van der Waals surface area contributed by atoms with Gasteiger partial charge < -0.3 is 11.8 Å². The van der Waals surface area contributed by atoms with Gasteiger partial charge in [0.05, 0.1) is 0 Å². The predicted octanol–water partition coefficient (Wildman–Crippen LogP) is 6.39. The summed E-state index contributed by atoms with van der Waals surface area (Å²) in [5, 5.41) is 0. The van der Waals surface area contributed by atoms with Gasteiger partial charge in [0.25, 0.3) is 0 Å². The molecule has 0 heterocycles. The Morgan fingerprint density at radius 2 is 1.56 bits per heavy atom. The van der Waals surface area contributed by atoms with Gasteiger partial charge in [0, 0.05) is 0 Å². The maximum Gasteiger partial charge on any atom is 2.00 e. The number of nitrogens with zero attached hydrogens (tertiary/aromatic N) is 1. The molecule has 0 aliphatic heterocycles. The second kappa shape index (κ2) is 15.8. The molecular weight excluding hydrogens is 385 g/mol. The number of allylic oxidation sites excluding steroid dienone is 4. The molecule has 4 heteroatoms. The zero-order valence-electron chi connectivity index (χ0n) is 17.1. The van der Waals surface area contributed by atoms with Gasteiger partial charge in [-0.15, -0.1) is 31.4 Å². The van der Waals surface area contributed by atoms with Crippen LogP contribution in [0.5, 0.6) is 0 Å². The van der Waals surface area contributed by atoms with Crippen LogP contribution >= 0.6 is 24.8 Å². The van der Waals surface area contributed by atoms with Gasteiger partial charge in [-0.1, -0.05) is 64.7 Å². The molecule has 146 valence electrons. The minimum absolute atomic E-state index is 0. The molecule has 2 aliphatic carbocycles. The summed E-state index contributed by atoms with van der Waals surface area (Å²) < 4.78 is 0. The van der Waals surface area contributed by atoms with Crippen LogP contribution in [-0.4, -0.2) is 25.5 Å². The molecule has 0 aromatic rings. The summed E-state index contributed by atoms with van der Waals surface area (Å²) in [7, 11) is 3.99. The van der Waals surface area contributed by atoms with Crippen molar-refractivity contribution in [2.45, 2.75) is 59.8 Å². The number of hydrogen-bond acceptors (Lipinski definition) is 1. The standard InChI is InChI=1S/C17H27.C4H10N.2ClH.Ti/c1-12(2)15-10-16(13(3)4)17(11-15)14-8-6-5-7-9-14;1-4-5(2)3;;;/h11-14,16H,5-9H2,1-4H3;1,4H2,2-3H3;2*1H;/q2*-1;;;+2. The minimum Gasteiger partial charge on any atom is -0.339 e. The molecule has 2 rings (SSSR count). The molecule has 1 fully saturated rings. The molecular formula is C21H39Cl2NTi. The normalized spacial score (nSPS) is 20.0. The monoisotopic (exact) mass is 423 g/mol. The van der Waals surface area contributed by atoms with Gasteiger partial charge in [-0.25, -0.2) is 11.6 Å². The van der Waals surface area contributed by atoms with Crippen LogP contribution < -0.4 is 0 Å². The van der Waals surface area contributed by atoms with Crippen molar-refractivity contribution < 1.29 is 21.7 Å². The van der Waals surface area contributed by atoms with Crippen molar-refractivity contribution in [3.8, 4) is 0 Å². The molecule has 0 bridgehead atoms. The van der Waals surface area contributed by atoms with E-state index >= 15 is 0 Å². The van der Waals surface area contributed by atoms with E-state index in [1.54, 1.807) is 5.57 Å². The average molecular weight is 424 g/mol. The Morgan fingerprint density at radius 3 is 1.92 bits per heavy atom. The molecule has 25 heavy (non-hydrogen) atoms. The Balaban J connectivity index is -0.000000539. The molecule has 0 N–H and O–H groups in total. The van der Waals surface area contributed by atoms with Crippen molar-refractivity contribution in [2.75, 3.05) is 20.6 Å². The van der Waals surface area contributed by atoms with Crippen LogP contribution in [0.3, 0.4) is 0 Å². The predicted molar refractivity (Wildman–Crippen MR) is 113 cm³/mol. The first-order chi connectivity index (χ1) is 10.4. The first kappa shape index (κ1) is 30.5. The first-order valence-corrected chi connectivity index (χ1v) is 9.15. The van der Waals surface area contributed by atoms with Gasteiger partial charge in [0.15, 0.2) is 0 Å². The summed E-state index contributed by atoms with van der Waals surface area (Å²) in [6.45, 7) is 13.8. The second-order valence-corrected chi connectivity index (χ2v) is 7.76. The molecule has 0 amide bonds. The number of halogens is 2. The zero-order chi connectivity index (χ0) is 16.7. The minimum atomic E-state index is 0. The van der Waals surface area contributed by atoms with Gasteiger partial charge in [-0.05, 0) is 32.9 Å². The van der Waals surface area contributed by atoms with Gasteiger partial charge in [-0.2, -0.15) is 5.57 Å². The largest absolute Gasteiger partial charge is 2.00 e. The van der Waals surface area contributed by atoms with E-state index in [-0.39, 0.29) is 46.5 Å². The summed E-state index contributed by atoms with van der Waals surface area (Å²) in [6.07, 6.45) is 13.4. The fourth-order valence-electron chi connectivity index (χ4n) is 3.27. The van der Waals surface area contributed by atoms with Gasteiger partial charge in [0.2, 0.25) is 0 Å². The van der Waals surface area contributed by atoms with E-state index in [0.29, 0.717) is 17.8 Å². The molecule has 0 radical (unpaired) electrons. The number of hydrogen-bond donors (Lipinski definition) is 0. The fraction of sp³-hybridized carbons (Fsp3) is 0.762. The van der Waals surface area contributed by atoms with Crippen molar-refractivity contribution >= 4 is 24.8 Å². The third kappa shape index (κ3) is 10.6. The van der Waals surface area contributed by atoms with Gasteiger partial charge in [0.1, 0.15) is 0 Å². The molecule has 2 aliphatic rings. The van der Waals surface area contributed by atoms with Crippen LogP contribution in [0.2, 0.25) is 0 Å². The smallest absolute Gasteiger partial charge is 0.339 e. The van der Waals surface area contributed by atoms with Crippen molar-refractivity contribution in [1.29, 1.82) is 0 Å². The maximum atomic E-state index is 3.76. The molecule has 1 saturated carbocycles. The fourth-order valence-corrected chi connectivity index (χ4v) is 3.27. The molecule has 1 atom stereocenters. The second-order valence-electron chi connectivity index (χ2n) is 7.76. The van der Waals surface area contributed by atoms with E-state index in [9.17, 15) is 0 Å². The van der Waals surface area contributed by atoms with Crippen LogP contribution in [-0.2, 0) is 21.7 Å². The SMILES string of the molecule is CC(C)C1=[C-]C(C(C)C)C(C2CCCCC2)=C1.Cl.Cl.[CH2-]CN(C)C.[Ti+2]. The summed E-state index contributed by atoms with van der Waals surface area (Å²) in [5.74, 6) is 2.81. The van der Waals surface area contributed by atoms with Crippen LogP contribution in [0.4, 0.5) is 0 Å². The summed E-state index contributed by atoms with van der Waals surface area (Å²) in [4.78, 5) is 2.01. The molecule has 0 saturated heterocycles. The quantitative estimate of drug-likeness (QED) is 0.374. The third-order valence-electron chi connectivity index (χ3n) is 4.82. The Bertz CT molecular complexity index is 383. The average Bonchev–Trinajstić information content (AvgIpc) is 2.94.